The number of anilines is 1. The van der Waals surface area contributed by atoms with Crippen molar-refractivity contribution < 1.29 is 4.92 Å². The average molecular weight is 260 g/mol. The SMILES string of the molecule is CCCn1cc(CNc2ccc([N+](=O)[O-])cc2)cn1. The monoisotopic (exact) mass is 260 g/mol. The van der Waals surface area contributed by atoms with Crippen LogP contribution in [-0.4, -0.2) is 14.7 Å². The van der Waals surface area contributed by atoms with Crippen LogP contribution in [0, 0.1) is 10.1 Å². The van der Waals surface area contributed by atoms with Gasteiger partial charge in [-0.15, -0.1) is 0 Å². The lowest BCUT2D eigenvalue weighted by molar-refractivity contribution is -0.384. The van der Waals surface area contributed by atoms with Gasteiger partial charge in [-0.2, -0.15) is 5.10 Å². The first-order valence-corrected chi connectivity index (χ1v) is 6.18. The fourth-order valence-electron chi connectivity index (χ4n) is 1.75. The number of aromatic nitrogens is 2. The predicted molar refractivity (Wildman–Crippen MR) is 72.9 cm³/mol. The summed E-state index contributed by atoms with van der Waals surface area (Å²) >= 11 is 0. The molecule has 6 heteroatoms. The molecule has 0 spiro atoms. The van der Waals surface area contributed by atoms with Crippen molar-refractivity contribution in [2.24, 2.45) is 0 Å². The number of rotatable bonds is 6. The number of non-ortho nitro benzene ring substituents is 1. The summed E-state index contributed by atoms with van der Waals surface area (Å²) in [5.74, 6) is 0. The number of hydrogen-bond donors (Lipinski definition) is 1. The highest BCUT2D eigenvalue weighted by atomic mass is 16.6. The molecule has 0 saturated heterocycles. The van der Waals surface area contributed by atoms with Crippen LogP contribution in [-0.2, 0) is 13.1 Å². The normalized spacial score (nSPS) is 10.4. The van der Waals surface area contributed by atoms with Gasteiger partial charge in [-0.1, -0.05) is 6.92 Å². The van der Waals surface area contributed by atoms with Gasteiger partial charge < -0.3 is 5.32 Å². The second-order valence-electron chi connectivity index (χ2n) is 4.27. The van der Waals surface area contributed by atoms with Crippen LogP contribution in [0.4, 0.5) is 11.4 Å². The molecule has 0 radical (unpaired) electrons. The van der Waals surface area contributed by atoms with E-state index >= 15 is 0 Å². The van der Waals surface area contributed by atoms with Crippen molar-refractivity contribution >= 4 is 11.4 Å². The standard InChI is InChI=1S/C13H16N4O2/c1-2-7-16-10-11(9-15-16)8-14-12-3-5-13(6-4-12)17(18)19/h3-6,9-10,14H,2,7-8H2,1H3. The molecule has 2 aromatic rings. The summed E-state index contributed by atoms with van der Waals surface area (Å²) in [6, 6.07) is 6.38. The van der Waals surface area contributed by atoms with Crippen LogP contribution in [0.15, 0.2) is 36.7 Å². The maximum Gasteiger partial charge on any atom is 0.269 e. The van der Waals surface area contributed by atoms with Crippen molar-refractivity contribution in [1.82, 2.24) is 9.78 Å². The van der Waals surface area contributed by atoms with E-state index in [1.165, 1.54) is 12.1 Å². The fraction of sp³-hybridized carbons (Fsp3) is 0.308. The highest BCUT2D eigenvalue weighted by molar-refractivity contribution is 5.48. The van der Waals surface area contributed by atoms with E-state index in [0.717, 1.165) is 24.2 Å². The first-order chi connectivity index (χ1) is 9.19. The zero-order chi connectivity index (χ0) is 13.7. The molecule has 0 bridgehead atoms. The van der Waals surface area contributed by atoms with E-state index in [2.05, 4.69) is 17.3 Å². The Labute approximate surface area is 111 Å². The number of aryl methyl sites for hydroxylation is 1. The molecule has 0 amide bonds. The summed E-state index contributed by atoms with van der Waals surface area (Å²) in [7, 11) is 0. The van der Waals surface area contributed by atoms with Crippen molar-refractivity contribution in [2.75, 3.05) is 5.32 Å². The second kappa shape index (κ2) is 5.99. The van der Waals surface area contributed by atoms with E-state index in [1.54, 1.807) is 12.1 Å². The van der Waals surface area contributed by atoms with E-state index in [9.17, 15) is 10.1 Å². The topological polar surface area (TPSA) is 73.0 Å². The first kappa shape index (κ1) is 13.1. The van der Waals surface area contributed by atoms with Gasteiger partial charge in [0.25, 0.3) is 5.69 Å². The molecule has 0 aliphatic heterocycles. The Kier molecular flexibility index (Phi) is 4.12. The molecule has 19 heavy (non-hydrogen) atoms. The highest BCUT2D eigenvalue weighted by Gasteiger charge is 2.04. The lowest BCUT2D eigenvalue weighted by Gasteiger charge is -2.03. The molecular weight excluding hydrogens is 244 g/mol. The van der Waals surface area contributed by atoms with Crippen LogP contribution in [0.2, 0.25) is 0 Å². The van der Waals surface area contributed by atoms with Gasteiger partial charge in [-0.3, -0.25) is 14.8 Å². The first-order valence-electron chi connectivity index (χ1n) is 6.18. The molecule has 0 aliphatic carbocycles. The Bertz CT molecular complexity index is 548. The summed E-state index contributed by atoms with van der Waals surface area (Å²) in [5, 5.41) is 18.0. The third-order valence-electron chi connectivity index (χ3n) is 2.71. The van der Waals surface area contributed by atoms with Crippen LogP contribution in [0.1, 0.15) is 18.9 Å². The largest absolute Gasteiger partial charge is 0.381 e. The van der Waals surface area contributed by atoms with Gasteiger partial charge in [0.1, 0.15) is 0 Å². The molecule has 1 aromatic heterocycles. The molecule has 100 valence electrons. The van der Waals surface area contributed by atoms with E-state index in [-0.39, 0.29) is 5.69 Å². The molecule has 0 saturated carbocycles. The van der Waals surface area contributed by atoms with Crippen molar-refractivity contribution in [2.45, 2.75) is 26.4 Å². The Morgan fingerprint density at radius 1 is 1.37 bits per heavy atom. The third kappa shape index (κ3) is 3.54. The zero-order valence-corrected chi connectivity index (χ0v) is 10.7. The van der Waals surface area contributed by atoms with Crippen molar-refractivity contribution in [3.63, 3.8) is 0 Å². The minimum Gasteiger partial charge on any atom is -0.381 e. The summed E-state index contributed by atoms with van der Waals surface area (Å²) in [5.41, 5.74) is 2.04. The zero-order valence-electron chi connectivity index (χ0n) is 10.7. The second-order valence-corrected chi connectivity index (χ2v) is 4.27. The number of nitrogens with one attached hydrogen (secondary N) is 1. The Balaban J connectivity index is 1.92. The lowest BCUT2D eigenvalue weighted by Crippen LogP contribution is -1.99. The van der Waals surface area contributed by atoms with Crippen LogP contribution in [0.5, 0.6) is 0 Å². The predicted octanol–water partition coefficient (Wildman–Crippen LogP) is 2.81. The van der Waals surface area contributed by atoms with Gasteiger partial charge in [0.05, 0.1) is 11.1 Å². The van der Waals surface area contributed by atoms with Gasteiger partial charge in [-0.05, 0) is 18.6 Å². The van der Waals surface area contributed by atoms with Crippen LogP contribution in [0.25, 0.3) is 0 Å². The van der Waals surface area contributed by atoms with Crippen molar-refractivity contribution in [3.05, 3.63) is 52.3 Å². The average Bonchev–Trinajstić information content (AvgIpc) is 2.85. The molecule has 0 fully saturated rings. The molecular formula is C13H16N4O2. The molecule has 1 N–H and O–H groups in total. The van der Waals surface area contributed by atoms with Crippen LogP contribution < -0.4 is 5.32 Å². The molecule has 1 heterocycles. The smallest absolute Gasteiger partial charge is 0.269 e. The number of benzene rings is 1. The van der Waals surface area contributed by atoms with Gasteiger partial charge >= 0.3 is 0 Å². The summed E-state index contributed by atoms with van der Waals surface area (Å²) in [4.78, 5) is 10.1. The maximum atomic E-state index is 10.5. The van der Waals surface area contributed by atoms with Gasteiger partial charge in [0, 0.05) is 42.7 Å². The highest BCUT2D eigenvalue weighted by Crippen LogP contribution is 2.16. The van der Waals surface area contributed by atoms with E-state index in [1.807, 2.05) is 17.1 Å². The van der Waals surface area contributed by atoms with Crippen LogP contribution >= 0.6 is 0 Å². The van der Waals surface area contributed by atoms with Gasteiger partial charge in [0.15, 0.2) is 0 Å². The Hall–Kier alpha value is -2.37. The third-order valence-corrected chi connectivity index (χ3v) is 2.71. The quantitative estimate of drug-likeness (QED) is 0.640. The van der Waals surface area contributed by atoms with Crippen molar-refractivity contribution in [3.8, 4) is 0 Å². The summed E-state index contributed by atoms with van der Waals surface area (Å²) in [6.45, 7) is 3.68. The molecule has 0 unspecified atom stereocenters. The molecule has 6 nitrogen and oxygen atoms in total. The van der Waals surface area contributed by atoms with Crippen LogP contribution in [0.3, 0.4) is 0 Å². The fourth-order valence-corrected chi connectivity index (χ4v) is 1.75. The van der Waals surface area contributed by atoms with Crippen molar-refractivity contribution in [1.29, 1.82) is 0 Å². The maximum absolute atomic E-state index is 10.5. The lowest BCUT2D eigenvalue weighted by atomic mass is 10.2. The molecule has 0 atom stereocenters. The van der Waals surface area contributed by atoms with Gasteiger partial charge in [0.2, 0.25) is 0 Å². The molecule has 1 aromatic carbocycles. The van der Waals surface area contributed by atoms with Gasteiger partial charge in [-0.25, -0.2) is 0 Å². The number of hydrogen-bond acceptors (Lipinski definition) is 4. The number of nitro benzene ring substituents is 1. The Morgan fingerprint density at radius 3 is 2.74 bits per heavy atom. The van der Waals surface area contributed by atoms with E-state index in [0.29, 0.717) is 6.54 Å². The minimum absolute atomic E-state index is 0.0984. The van der Waals surface area contributed by atoms with E-state index in [4.69, 9.17) is 0 Å². The summed E-state index contributed by atoms with van der Waals surface area (Å²) < 4.78 is 1.91. The Morgan fingerprint density at radius 2 is 2.11 bits per heavy atom. The number of nitro groups is 1. The number of nitrogens with zero attached hydrogens (tertiary/aromatic N) is 3. The molecule has 0 aliphatic rings. The van der Waals surface area contributed by atoms with E-state index < -0.39 is 4.92 Å². The minimum atomic E-state index is -0.404. The summed E-state index contributed by atoms with van der Waals surface area (Å²) in [6.07, 6.45) is 4.88. The molecule has 2 rings (SSSR count).